The predicted octanol–water partition coefficient (Wildman–Crippen LogP) is 5.44. The van der Waals surface area contributed by atoms with Gasteiger partial charge in [0.15, 0.2) is 0 Å². The molecule has 3 heterocycles. The maximum absolute atomic E-state index is 13.6. The van der Waals surface area contributed by atoms with E-state index < -0.39 is 23.9 Å². The summed E-state index contributed by atoms with van der Waals surface area (Å²) in [5.41, 5.74) is -0.311. The van der Waals surface area contributed by atoms with E-state index in [-0.39, 0.29) is 12.4 Å². The van der Waals surface area contributed by atoms with Gasteiger partial charge in [-0.2, -0.15) is 13.2 Å². The second-order valence-electron chi connectivity index (χ2n) is 9.09. The van der Waals surface area contributed by atoms with Crippen LogP contribution < -0.4 is 4.90 Å². The second-order valence-corrected chi connectivity index (χ2v) is 9.09. The third kappa shape index (κ3) is 4.41. The molecule has 0 amide bonds. The molecule has 1 atom stereocenters. The molecule has 1 N–H and O–H groups in total. The Morgan fingerprint density at radius 1 is 1.00 bits per heavy atom. The first kappa shape index (κ1) is 24.2. The van der Waals surface area contributed by atoms with E-state index in [0.717, 1.165) is 65.5 Å². The standard InChI is InChI=1S/C26H25F4N5O/c1-2-25(36,26(28,29)30)23-16-35(33-32-23)15-17-5-10-20-21(18-6-8-19(27)9-7-18)14-24(31-22(20)13-17)34-11-3-4-12-34/h5-10,13-14,16,36H,2-4,11-12,15H2,1H3/t25-/m0/s1. The molecule has 5 rings (SSSR count). The molecule has 4 aromatic rings. The van der Waals surface area contributed by atoms with Crippen molar-refractivity contribution >= 4 is 16.7 Å². The number of pyridine rings is 1. The van der Waals surface area contributed by atoms with Crippen LogP contribution in [0.4, 0.5) is 23.4 Å². The van der Waals surface area contributed by atoms with Gasteiger partial charge in [0.1, 0.15) is 17.3 Å². The molecule has 0 radical (unpaired) electrons. The summed E-state index contributed by atoms with van der Waals surface area (Å²) < 4.78 is 55.0. The molecule has 1 saturated heterocycles. The van der Waals surface area contributed by atoms with Crippen LogP contribution in [0.1, 0.15) is 37.4 Å². The fourth-order valence-electron chi connectivity index (χ4n) is 4.61. The number of aromatic nitrogens is 4. The van der Waals surface area contributed by atoms with Crippen molar-refractivity contribution < 1.29 is 22.7 Å². The van der Waals surface area contributed by atoms with Crippen molar-refractivity contribution in [2.75, 3.05) is 18.0 Å². The number of anilines is 1. The SMILES string of the molecule is CC[C@](O)(c1cn(Cc2ccc3c(-c4ccc(F)cc4)cc(N4CCCC4)nc3c2)nn1)C(F)(F)F. The Balaban J connectivity index is 1.52. The van der Waals surface area contributed by atoms with Crippen molar-refractivity contribution in [1.29, 1.82) is 0 Å². The first-order chi connectivity index (χ1) is 17.2. The van der Waals surface area contributed by atoms with E-state index in [1.165, 1.54) is 23.7 Å². The van der Waals surface area contributed by atoms with Gasteiger partial charge < -0.3 is 10.0 Å². The average molecular weight is 500 g/mol. The average Bonchev–Trinajstić information content (AvgIpc) is 3.55. The lowest BCUT2D eigenvalue weighted by Gasteiger charge is -2.26. The summed E-state index contributed by atoms with van der Waals surface area (Å²) >= 11 is 0. The number of fused-ring (bicyclic) bond motifs is 1. The van der Waals surface area contributed by atoms with Crippen molar-refractivity contribution in [3.05, 3.63) is 71.8 Å². The van der Waals surface area contributed by atoms with Gasteiger partial charge in [-0.3, -0.25) is 0 Å². The largest absolute Gasteiger partial charge is 0.423 e. The number of hydrogen-bond donors (Lipinski definition) is 1. The summed E-state index contributed by atoms with van der Waals surface area (Å²) in [6.45, 7) is 3.21. The summed E-state index contributed by atoms with van der Waals surface area (Å²) in [7, 11) is 0. The van der Waals surface area contributed by atoms with Crippen molar-refractivity contribution in [3.63, 3.8) is 0 Å². The molecule has 1 aliphatic rings. The van der Waals surface area contributed by atoms with Crippen LogP contribution in [0.5, 0.6) is 0 Å². The minimum atomic E-state index is -4.86. The number of hydrogen-bond acceptors (Lipinski definition) is 5. The number of nitrogens with zero attached hydrogens (tertiary/aromatic N) is 5. The van der Waals surface area contributed by atoms with Crippen LogP contribution in [0.25, 0.3) is 22.0 Å². The molecule has 2 aromatic heterocycles. The Bertz CT molecular complexity index is 1380. The monoisotopic (exact) mass is 499 g/mol. The first-order valence-electron chi connectivity index (χ1n) is 11.8. The number of aliphatic hydroxyl groups is 1. The van der Waals surface area contributed by atoms with Gasteiger partial charge in [-0.25, -0.2) is 14.1 Å². The second kappa shape index (κ2) is 9.16. The van der Waals surface area contributed by atoms with E-state index in [0.29, 0.717) is 0 Å². The van der Waals surface area contributed by atoms with Gasteiger partial charge in [0.25, 0.3) is 0 Å². The Kier molecular flexibility index (Phi) is 6.15. The van der Waals surface area contributed by atoms with Crippen molar-refractivity contribution in [2.24, 2.45) is 0 Å². The van der Waals surface area contributed by atoms with Gasteiger partial charge in [0.2, 0.25) is 5.60 Å². The molecular formula is C26H25F4N5O. The molecule has 0 spiro atoms. The van der Waals surface area contributed by atoms with E-state index in [1.54, 1.807) is 12.1 Å². The molecule has 2 aromatic carbocycles. The fraction of sp³-hybridized carbons (Fsp3) is 0.346. The Hall–Kier alpha value is -3.53. The lowest BCUT2D eigenvalue weighted by atomic mass is 9.96. The molecule has 1 fully saturated rings. The molecule has 6 nitrogen and oxygen atoms in total. The molecule has 0 saturated carbocycles. The van der Waals surface area contributed by atoms with Crippen molar-refractivity contribution in [2.45, 2.75) is 44.5 Å². The van der Waals surface area contributed by atoms with Gasteiger partial charge in [0.05, 0.1) is 18.3 Å². The lowest BCUT2D eigenvalue weighted by Crippen LogP contribution is -2.42. The lowest BCUT2D eigenvalue weighted by molar-refractivity contribution is -0.269. The highest BCUT2D eigenvalue weighted by molar-refractivity contribution is 5.96. The third-order valence-electron chi connectivity index (χ3n) is 6.73. The van der Waals surface area contributed by atoms with E-state index >= 15 is 0 Å². The van der Waals surface area contributed by atoms with Gasteiger partial charge in [-0.1, -0.05) is 36.4 Å². The summed E-state index contributed by atoms with van der Waals surface area (Å²) in [6.07, 6.45) is -2.14. The van der Waals surface area contributed by atoms with E-state index in [1.807, 2.05) is 24.3 Å². The number of benzene rings is 2. The topological polar surface area (TPSA) is 67.1 Å². The molecule has 10 heteroatoms. The zero-order chi connectivity index (χ0) is 25.5. The Morgan fingerprint density at radius 3 is 2.39 bits per heavy atom. The molecule has 0 unspecified atom stereocenters. The summed E-state index contributed by atoms with van der Waals surface area (Å²) in [5, 5.41) is 18.5. The van der Waals surface area contributed by atoms with Crippen molar-refractivity contribution in [3.8, 4) is 11.1 Å². The zero-order valence-corrected chi connectivity index (χ0v) is 19.6. The summed E-state index contributed by atoms with van der Waals surface area (Å²) in [4.78, 5) is 7.08. The minimum Gasteiger partial charge on any atom is -0.375 e. The third-order valence-corrected chi connectivity index (χ3v) is 6.73. The van der Waals surface area contributed by atoms with E-state index in [4.69, 9.17) is 4.98 Å². The molecule has 1 aliphatic heterocycles. The molecule has 0 bridgehead atoms. The highest BCUT2D eigenvalue weighted by Crippen LogP contribution is 2.40. The Morgan fingerprint density at radius 2 is 1.72 bits per heavy atom. The zero-order valence-electron chi connectivity index (χ0n) is 19.6. The highest BCUT2D eigenvalue weighted by Gasteiger charge is 2.55. The quantitative estimate of drug-likeness (QED) is 0.358. The van der Waals surface area contributed by atoms with Crippen LogP contribution >= 0.6 is 0 Å². The molecule has 36 heavy (non-hydrogen) atoms. The molecule has 188 valence electrons. The van der Waals surface area contributed by atoms with Crippen LogP contribution in [0.15, 0.2) is 54.7 Å². The van der Waals surface area contributed by atoms with E-state index in [9.17, 15) is 22.7 Å². The van der Waals surface area contributed by atoms with Gasteiger partial charge >= 0.3 is 6.18 Å². The van der Waals surface area contributed by atoms with E-state index in [2.05, 4.69) is 15.2 Å². The summed E-state index contributed by atoms with van der Waals surface area (Å²) in [5.74, 6) is 0.518. The van der Waals surface area contributed by atoms with Gasteiger partial charge in [0, 0.05) is 18.5 Å². The number of rotatable bonds is 6. The van der Waals surface area contributed by atoms with Crippen LogP contribution in [-0.2, 0) is 12.1 Å². The van der Waals surface area contributed by atoms with Crippen LogP contribution in [0.2, 0.25) is 0 Å². The van der Waals surface area contributed by atoms with Crippen LogP contribution in [-0.4, -0.2) is 44.4 Å². The highest BCUT2D eigenvalue weighted by atomic mass is 19.4. The number of halogens is 4. The van der Waals surface area contributed by atoms with Crippen LogP contribution in [0.3, 0.4) is 0 Å². The van der Waals surface area contributed by atoms with Crippen LogP contribution in [0, 0.1) is 5.82 Å². The maximum Gasteiger partial charge on any atom is 0.423 e. The molecule has 0 aliphatic carbocycles. The van der Waals surface area contributed by atoms with Crippen molar-refractivity contribution in [1.82, 2.24) is 20.0 Å². The maximum atomic E-state index is 13.6. The smallest absolute Gasteiger partial charge is 0.375 e. The Labute approximate surface area is 205 Å². The molecular weight excluding hydrogens is 474 g/mol. The predicted molar refractivity (Wildman–Crippen MR) is 128 cm³/mol. The minimum absolute atomic E-state index is 0.155. The van der Waals surface area contributed by atoms with Gasteiger partial charge in [-0.05, 0) is 60.2 Å². The number of alkyl halides is 3. The van der Waals surface area contributed by atoms with Gasteiger partial charge in [-0.15, -0.1) is 5.10 Å². The fourth-order valence-corrected chi connectivity index (χ4v) is 4.61. The summed E-state index contributed by atoms with van der Waals surface area (Å²) in [6, 6.07) is 14.0. The normalized spacial score (nSPS) is 16.0. The first-order valence-corrected chi connectivity index (χ1v) is 11.8.